The van der Waals surface area contributed by atoms with Crippen LogP contribution in [0.3, 0.4) is 0 Å². The fourth-order valence-electron chi connectivity index (χ4n) is 2.12. The number of ether oxygens (including phenoxy) is 1. The summed E-state index contributed by atoms with van der Waals surface area (Å²) in [6, 6.07) is 4.75. The van der Waals surface area contributed by atoms with Gasteiger partial charge in [0.25, 0.3) is 5.91 Å². The summed E-state index contributed by atoms with van der Waals surface area (Å²) < 4.78 is 5.21. The Labute approximate surface area is 160 Å². The van der Waals surface area contributed by atoms with Gasteiger partial charge in [0.05, 0.1) is 0 Å². The van der Waals surface area contributed by atoms with Gasteiger partial charge in [-0.1, -0.05) is 25.5 Å². The zero-order chi connectivity index (χ0) is 20.4. The van der Waals surface area contributed by atoms with Gasteiger partial charge in [0.15, 0.2) is 0 Å². The monoisotopic (exact) mass is 376 g/mol. The number of nitrogens with one attached hydrogen (secondary N) is 2. The van der Waals surface area contributed by atoms with Gasteiger partial charge >= 0.3 is 12.1 Å². The highest BCUT2D eigenvalue weighted by molar-refractivity contribution is 5.99. The van der Waals surface area contributed by atoms with Gasteiger partial charge in [0.2, 0.25) is 0 Å². The average molecular weight is 376 g/mol. The van der Waals surface area contributed by atoms with Crippen molar-refractivity contribution in [3.8, 4) is 0 Å². The van der Waals surface area contributed by atoms with Crippen LogP contribution in [0.2, 0.25) is 0 Å². The Morgan fingerprint density at radius 1 is 1.19 bits per heavy atom. The molecule has 0 aliphatic heterocycles. The minimum atomic E-state index is -0.613. The number of amides is 2. The Morgan fingerprint density at radius 2 is 1.89 bits per heavy atom. The molecule has 2 amide bonds. The number of benzene rings is 1. The van der Waals surface area contributed by atoms with Crippen LogP contribution in [0.15, 0.2) is 24.3 Å². The number of hydroxylamine groups is 1. The second-order valence-corrected chi connectivity index (χ2v) is 6.94. The Hall–Kier alpha value is -2.83. The van der Waals surface area contributed by atoms with Gasteiger partial charge < -0.3 is 9.57 Å². The molecule has 0 saturated heterocycles. The van der Waals surface area contributed by atoms with E-state index in [0.29, 0.717) is 23.2 Å². The molecule has 0 atom stereocenters. The maximum absolute atomic E-state index is 12.3. The maximum atomic E-state index is 12.3. The molecule has 0 radical (unpaired) electrons. The van der Waals surface area contributed by atoms with Crippen molar-refractivity contribution in [1.29, 1.82) is 0 Å². The van der Waals surface area contributed by atoms with E-state index in [9.17, 15) is 14.4 Å². The van der Waals surface area contributed by atoms with E-state index in [-0.39, 0.29) is 6.42 Å². The first kappa shape index (κ1) is 22.2. The molecule has 1 aromatic rings. The number of hydrogen-bond donors (Lipinski definition) is 2. The van der Waals surface area contributed by atoms with Crippen molar-refractivity contribution in [2.45, 2.75) is 59.5 Å². The molecule has 148 valence electrons. The highest BCUT2D eigenvalue weighted by Gasteiger charge is 2.17. The quantitative estimate of drug-likeness (QED) is 0.716. The molecule has 1 rings (SSSR count). The third kappa shape index (κ3) is 8.40. The summed E-state index contributed by atoms with van der Waals surface area (Å²) in [4.78, 5) is 40.5. The maximum Gasteiger partial charge on any atom is 0.412 e. The molecule has 27 heavy (non-hydrogen) atoms. The normalized spacial score (nSPS) is 11.1. The second-order valence-electron chi connectivity index (χ2n) is 6.94. The lowest BCUT2D eigenvalue weighted by atomic mass is 10.1. The smallest absolute Gasteiger partial charge is 0.412 e. The van der Waals surface area contributed by atoms with Crippen LogP contribution in [0, 0.1) is 0 Å². The largest absolute Gasteiger partial charge is 0.444 e. The van der Waals surface area contributed by atoms with Crippen LogP contribution in [-0.4, -0.2) is 23.6 Å². The molecule has 0 aliphatic rings. The number of carbonyl (C=O) groups is 3. The Balaban J connectivity index is 2.85. The van der Waals surface area contributed by atoms with Gasteiger partial charge in [-0.3, -0.25) is 10.1 Å². The molecule has 0 heterocycles. The molecule has 0 aromatic heterocycles. The van der Waals surface area contributed by atoms with E-state index in [2.05, 4.69) is 10.8 Å². The van der Waals surface area contributed by atoms with Crippen LogP contribution in [0.25, 0.3) is 6.08 Å². The molecular formula is C20H28N2O5. The minimum absolute atomic E-state index is 0.247. The summed E-state index contributed by atoms with van der Waals surface area (Å²) in [5.74, 6) is -1.03. The lowest BCUT2D eigenvalue weighted by molar-refractivity contribution is -0.149. The molecule has 0 bridgehead atoms. The van der Waals surface area contributed by atoms with E-state index in [1.54, 1.807) is 52.0 Å². The average Bonchev–Trinajstić information content (AvgIpc) is 2.56. The molecule has 0 fully saturated rings. The van der Waals surface area contributed by atoms with Gasteiger partial charge in [-0.05, 0) is 57.9 Å². The predicted molar refractivity (Wildman–Crippen MR) is 104 cm³/mol. The topological polar surface area (TPSA) is 93.7 Å². The SMILES string of the molecule is C/C=C/c1cc(NC(=O)OC(C)(C)C)ccc1C(=O)NOC(=O)CCCC. The molecule has 7 heteroatoms. The highest BCUT2D eigenvalue weighted by Crippen LogP contribution is 2.19. The van der Waals surface area contributed by atoms with Crippen molar-refractivity contribution in [1.82, 2.24) is 5.48 Å². The molecule has 0 spiro atoms. The molecule has 7 nitrogen and oxygen atoms in total. The number of carbonyl (C=O) groups excluding carboxylic acids is 3. The highest BCUT2D eigenvalue weighted by atomic mass is 16.7. The van der Waals surface area contributed by atoms with E-state index < -0.39 is 23.6 Å². The van der Waals surface area contributed by atoms with Crippen molar-refractivity contribution in [3.63, 3.8) is 0 Å². The summed E-state index contributed by atoms with van der Waals surface area (Å²) in [5.41, 5.74) is 2.90. The zero-order valence-electron chi connectivity index (χ0n) is 16.5. The van der Waals surface area contributed by atoms with Gasteiger partial charge in [-0.25, -0.2) is 9.59 Å². The van der Waals surface area contributed by atoms with E-state index >= 15 is 0 Å². The van der Waals surface area contributed by atoms with Crippen LogP contribution in [0.4, 0.5) is 10.5 Å². The lowest BCUT2D eigenvalue weighted by Gasteiger charge is -2.20. The number of rotatable bonds is 6. The Kier molecular flexibility index (Phi) is 8.51. The third-order valence-corrected chi connectivity index (χ3v) is 3.28. The number of hydrogen-bond acceptors (Lipinski definition) is 5. The minimum Gasteiger partial charge on any atom is -0.444 e. The number of unbranched alkanes of at least 4 members (excludes halogenated alkanes) is 1. The van der Waals surface area contributed by atoms with E-state index in [4.69, 9.17) is 9.57 Å². The molecule has 1 aromatic carbocycles. The van der Waals surface area contributed by atoms with E-state index in [1.165, 1.54) is 6.07 Å². The van der Waals surface area contributed by atoms with Crippen molar-refractivity contribution >= 4 is 29.7 Å². The molecule has 0 unspecified atom stereocenters. The summed E-state index contributed by atoms with van der Waals surface area (Å²) in [6.45, 7) is 9.08. The number of allylic oxidation sites excluding steroid dienone is 1. The van der Waals surface area contributed by atoms with E-state index in [0.717, 1.165) is 6.42 Å². The second kappa shape index (κ2) is 10.4. The fraction of sp³-hybridized carbons (Fsp3) is 0.450. The standard InChI is InChI=1S/C20H28N2O5/c1-6-8-10-17(23)27-22-18(24)16-12-11-15(13-14(16)9-7-2)21-19(25)26-20(3,4)5/h7,9,11-13H,6,8,10H2,1-5H3,(H,21,25)(H,22,24)/b9-7+. The van der Waals surface area contributed by atoms with E-state index in [1.807, 2.05) is 6.92 Å². The van der Waals surface area contributed by atoms with Crippen molar-refractivity contribution in [2.24, 2.45) is 0 Å². The van der Waals surface area contributed by atoms with Crippen LogP contribution >= 0.6 is 0 Å². The summed E-state index contributed by atoms with van der Waals surface area (Å²) >= 11 is 0. The number of anilines is 1. The van der Waals surface area contributed by atoms with Gasteiger partial charge in [0.1, 0.15) is 5.60 Å². The van der Waals surface area contributed by atoms with Crippen molar-refractivity contribution < 1.29 is 24.0 Å². The fourth-order valence-corrected chi connectivity index (χ4v) is 2.12. The van der Waals surface area contributed by atoms with Crippen LogP contribution in [0.5, 0.6) is 0 Å². The zero-order valence-corrected chi connectivity index (χ0v) is 16.5. The van der Waals surface area contributed by atoms with Crippen LogP contribution < -0.4 is 10.8 Å². The summed E-state index contributed by atoms with van der Waals surface area (Å²) in [7, 11) is 0. The molecular weight excluding hydrogens is 348 g/mol. The van der Waals surface area contributed by atoms with Gasteiger partial charge in [-0.15, -0.1) is 0 Å². The Bertz CT molecular complexity index is 705. The Morgan fingerprint density at radius 3 is 2.48 bits per heavy atom. The summed E-state index contributed by atoms with van der Waals surface area (Å²) in [6.07, 6.45) is 4.70. The first-order valence-electron chi connectivity index (χ1n) is 8.93. The van der Waals surface area contributed by atoms with Crippen molar-refractivity contribution in [3.05, 3.63) is 35.4 Å². The first-order valence-corrected chi connectivity index (χ1v) is 8.93. The first-order chi connectivity index (χ1) is 12.7. The predicted octanol–water partition coefficient (Wildman–Crippen LogP) is 4.44. The van der Waals surface area contributed by atoms with Crippen LogP contribution in [-0.2, 0) is 14.4 Å². The summed E-state index contributed by atoms with van der Waals surface area (Å²) in [5, 5.41) is 2.62. The molecule has 0 aliphatic carbocycles. The molecule has 0 saturated carbocycles. The third-order valence-electron chi connectivity index (χ3n) is 3.28. The van der Waals surface area contributed by atoms with Gasteiger partial charge in [0, 0.05) is 17.7 Å². The van der Waals surface area contributed by atoms with Gasteiger partial charge in [-0.2, -0.15) is 5.48 Å². The molecule has 2 N–H and O–H groups in total. The lowest BCUT2D eigenvalue weighted by Crippen LogP contribution is -2.28. The van der Waals surface area contributed by atoms with Crippen LogP contribution in [0.1, 0.15) is 69.8 Å². The van der Waals surface area contributed by atoms with Crippen molar-refractivity contribution in [2.75, 3.05) is 5.32 Å².